The summed E-state index contributed by atoms with van der Waals surface area (Å²) in [6, 6.07) is 3.00. The Hall–Kier alpha value is -2.34. The molecule has 5 nitrogen and oxygen atoms in total. The minimum atomic E-state index is -0.581. The molecule has 0 unspecified atom stereocenters. The van der Waals surface area contributed by atoms with E-state index in [1.807, 2.05) is 20.8 Å². The molecule has 0 bridgehead atoms. The number of rotatable bonds is 9. The van der Waals surface area contributed by atoms with Crippen LogP contribution < -0.4 is 15.4 Å². The van der Waals surface area contributed by atoms with E-state index in [0.29, 0.717) is 17.8 Å². The second-order valence-electron chi connectivity index (χ2n) is 7.62. The first-order valence-electron chi connectivity index (χ1n) is 9.62. The third-order valence-corrected chi connectivity index (χ3v) is 5.40. The van der Waals surface area contributed by atoms with Gasteiger partial charge in [0.1, 0.15) is 5.82 Å². The van der Waals surface area contributed by atoms with Gasteiger partial charge in [-0.15, -0.1) is 0 Å². The first-order valence-corrected chi connectivity index (χ1v) is 10.00. The van der Waals surface area contributed by atoms with Crippen LogP contribution in [0.4, 0.5) is 4.39 Å². The third-order valence-electron chi connectivity index (χ3n) is 5.04. The number of aliphatic imine (C=N–C) groups is 1. The van der Waals surface area contributed by atoms with Crippen molar-refractivity contribution in [1.82, 2.24) is 10.6 Å². The Morgan fingerprint density at radius 3 is 2.52 bits per heavy atom. The number of ether oxygens (including phenoxy) is 1. The van der Waals surface area contributed by atoms with E-state index in [1.165, 1.54) is 13.2 Å². The highest BCUT2D eigenvalue weighted by Crippen LogP contribution is 2.36. The van der Waals surface area contributed by atoms with E-state index in [4.69, 9.17) is 16.3 Å². The van der Waals surface area contributed by atoms with Gasteiger partial charge in [0.05, 0.1) is 7.11 Å². The second kappa shape index (κ2) is 9.44. The molecule has 1 saturated carbocycles. The van der Waals surface area contributed by atoms with Crippen LogP contribution in [0.5, 0.6) is 5.75 Å². The lowest BCUT2D eigenvalue weighted by atomic mass is 9.97. The van der Waals surface area contributed by atoms with Crippen LogP contribution in [0.2, 0.25) is 5.02 Å². The van der Waals surface area contributed by atoms with Gasteiger partial charge in [-0.25, -0.2) is 9.38 Å². The Morgan fingerprint density at radius 2 is 2.03 bits per heavy atom. The Balaban J connectivity index is 2.31. The van der Waals surface area contributed by atoms with Gasteiger partial charge in [-0.3, -0.25) is 4.79 Å². The Bertz CT molecular complexity index is 869. The normalized spacial score (nSPS) is 15.1. The molecule has 0 aliphatic heterocycles. The Morgan fingerprint density at radius 1 is 1.38 bits per heavy atom. The van der Waals surface area contributed by atoms with Crippen LogP contribution in [0, 0.1) is 5.82 Å². The number of methoxy groups -OCH3 is 1. The zero-order valence-electron chi connectivity index (χ0n) is 17.7. The fourth-order valence-corrected chi connectivity index (χ4v) is 3.30. The molecule has 1 aliphatic carbocycles. The van der Waals surface area contributed by atoms with Gasteiger partial charge in [0.2, 0.25) is 0 Å². The molecular formula is C22H29ClFN3O2. The predicted octanol–water partition coefficient (Wildman–Crippen LogP) is 4.90. The number of nitrogens with zero attached hydrogens (tertiary/aromatic N) is 1. The van der Waals surface area contributed by atoms with Gasteiger partial charge in [-0.2, -0.15) is 0 Å². The monoisotopic (exact) mass is 421 g/mol. The van der Waals surface area contributed by atoms with Gasteiger partial charge < -0.3 is 15.4 Å². The summed E-state index contributed by atoms with van der Waals surface area (Å²) in [4.78, 5) is 17.2. The minimum absolute atomic E-state index is 0.00256. The largest absolute Gasteiger partial charge is 0.494 e. The maximum Gasteiger partial charge on any atom is 0.251 e. The highest BCUT2D eigenvalue weighted by molar-refractivity contribution is 6.31. The maximum atomic E-state index is 14.5. The summed E-state index contributed by atoms with van der Waals surface area (Å²) < 4.78 is 19.5. The average Bonchev–Trinajstić information content (AvgIpc) is 3.40. The third kappa shape index (κ3) is 5.38. The number of halogens is 2. The van der Waals surface area contributed by atoms with Crippen molar-refractivity contribution in [3.8, 4) is 5.75 Å². The number of hydrogen-bond donors (Lipinski definition) is 2. The lowest BCUT2D eigenvalue weighted by Crippen LogP contribution is -2.31. The van der Waals surface area contributed by atoms with Crippen LogP contribution in [0.3, 0.4) is 0 Å². The van der Waals surface area contributed by atoms with Crippen LogP contribution in [-0.4, -0.2) is 25.3 Å². The van der Waals surface area contributed by atoms with E-state index in [2.05, 4.69) is 29.3 Å². The molecule has 0 radical (unpaired) electrons. The van der Waals surface area contributed by atoms with E-state index in [9.17, 15) is 9.18 Å². The first-order chi connectivity index (χ1) is 13.7. The zero-order valence-corrected chi connectivity index (χ0v) is 18.5. The fraction of sp³-hybridized carbons (Fsp3) is 0.455. The lowest BCUT2D eigenvalue weighted by Gasteiger charge is -2.20. The number of allylic oxidation sites excluding steroid dienone is 1. The SMILES string of the molecule is C=N/C(NC1(C)CC1)=C(\CC)C(C(=O)NCc1c(Cl)ccc(OC)c1F)=C(C)C. The summed E-state index contributed by atoms with van der Waals surface area (Å²) in [6.45, 7) is 11.4. The van der Waals surface area contributed by atoms with Crippen LogP contribution in [0.25, 0.3) is 0 Å². The fourth-order valence-electron chi connectivity index (χ4n) is 3.09. The number of nitrogens with one attached hydrogen (secondary N) is 2. The molecule has 0 aromatic heterocycles. The molecular weight excluding hydrogens is 393 g/mol. The van der Waals surface area contributed by atoms with E-state index in [1.54, 1.807) is 6.07 Å². The van der Waals surface area contributed by atoms with Crippen LogP contribution in [0.1, 0.15) is 52.5 Å². The molecule has 1 fully saturated rings. The van der Waals surface area contributed by atoms with E-state index in [0.717, 1.165) is 24.0 Å². The maximum absolute atomic E-state index is 14.5. The summed E-state index contributed by atoms with van der Waals surface area (Å²) in [7, 11) is 1.38. The van der Waals surface area contributed by atoms with Crippen molar-refractivity contribution in [1.29, 1.82) is 0 Å². The van der Waals surface area contributed by atoms with Gasteiger partial charge in [0.15, 0.2) is 11.6 Å². The van der Waals surface area contributed by atoms with Crippen molar-refractivity contribution in [3.63, 3.8) is 0 Å². The number of benzene rings is 1. The molecule has 0 heterocycles. The van der Waals surface area contributed by atoms with Gasteiger partial charge in [-0.05, 0) is 58.9 Å². The molecule has 29 heavy (non-hydrogen) atoms. The van der Waals surface area contributed by atoms with Crippen molar-refractivity contribution in [3.05, 3.63) is 51.1 Å². The quantitative estimate of drug-likeness (QED) is 0.338. The average molecular weight is 422 g/mol. The first kappa shape index (κ1) is 22.9. The van der Waals surface area contributed by atoms with Crippen molar-refractivity contribution in [2.75, 3.05) is 7.11 Å². The molecule has 158 valence electrons. The van der Waals surface area contributed by atoms with Crippen molar-refractivity contribution >= 4 is 24.2 Å². The van der Waals surface area contributed by atoms with Crippen molar-refractivity contribution in [2.45, 2.75) is 59.0 Å². The standard InChI is InChI=1S/C22H29ClFN3O2/c1-7-14(20(25-5)27-22(4)10-11-22)18(13(2)3)21(28)26-12-15-16(23)8-9-17(29-6)19(15)24/h8-9,27H,5,7,10-12H2,1-4,6H3,(H,26,28)/b20-14-. The minimum Gasteiger partial charge on any atom is -0.494 e. The predicted molar refractivity (Wildman–Crippen MR) is 116 cm³/mol. The number of carbonyl (C=O) groups is 1. The molecule has 1 aliphatic rings. The second-order valence-corrected chi connectivity index (χ2v) is 8.03. The smallest absolute Gasteiger partial charge is 0.251 e. The lowest BCUT2D eigenvalue weighted by molar-refractivity contribution is -0.117. The van der Waals surface area contributed by atoms with Crippen molar-refractivity contribution in [2.24, 2.45) is 4.99 Å². The van der Waals surface area contributed by atoms with Gasteiger partial charge >= 0.3 is 0 Å². The van der Waals surface area contributed by atoms with Crippen LogP contribution in [0.15, 0.2) is 39.7 Å². The van der Waals surface area contributed by atoms with Crippen molar-refractivity contribution < 1.29 is 13.9 Å². The van der Waals surface area contributed by atoms with E-state index in [-0.39, 0.29) is 34.3 Å². The molecule has 7 heteroatoms. The van der Waals surface area contributed by atoms with Gasteiger partial charge in [-0.1, -0.05) is 24.1 Å². The summed E-state index contributed by atoms with van der Waals surface area (Å²) in [5.74, 6) is -0.203. The summed E-state index contributed by atoms with van der Waals surface area (Å²) >= 11 is 6.12. The summed E-state index contributed by atoms with van der Waals surface area (Å²) in [6.07, 6.45) is 2.69. The van der Waals surface area contributed by atoms with Crippen LogP contribution >= 0.6 is 11.6 Å². The Labute approximate surface area is 177 Å². The van der Waals surface area contributed by atoms with Gasteiger partial charge in [0, 0.05) is 33.8 Å². The molecule has 2 N–H and O–H groups in total. The highest BCUT2D eigenvalue weighted by atomic mass is 35.5. The van der Waals surface area contributed by atoms with Gasteiger partial charge in [0.25, 0.3) is 5.91 Å². The molecule has 1 amide bonds. The molecule has 0 spiro atoms. The van der Waals surface area contributed by atoms with Crippen LogP contribution in [-0.2, 0) is 11.3 Å². The Kier molecular flexibility index (Phi) is 7.47. The number of carbonyl (C=O) groups excluding carboxylic acids is 1. The molecule has 0 saturated heterocycles. The number of amides is 1. The molecule has 0 atom stereocenters. The highest BCUT2D eigenvalue weighted by Gasteiger charge is 2.38. The topological polar surface area (TPSA) is 62.7 Å². The summed E-state index contributed by atoms with van der Waals surface area (Å²) in [5.41, 5.74) is 2.31. The molecule has 1 aromatic rings. The van der Waals surface area contributed by atoms with E-state index < -0.39 is 5.82 Å². The molecule has 2 rings (SSSR count). The molecule has 1 aromatic carbocycles. The van der Waals surface area contributed by atoms with E-state index >= 15 is 0 Å². The zero-order chi connectivity index (χ0) is 21.8. The summed E-state index contributed by atoms with van der Waals surface area (Å²) in [5, 5.41) is 6.42. The number of hydrogen-bond acceptors (Lipinski definition) is 4.